The van der Waals surface area contributed by atoms with Crippen molar-refractivity contribution in [3.05, 3.63) is 48.0 Å². The minimum atomic E-state index is -0.304. The van der Waals surface area contributed by atoms with Crippen LogP contribution in [-0.2, 0) is 0 Å². The largest absolute Gasteiger partial charge is 0.321 e. The second kappa shape index (κ2) is 5.80. The number of anilines is 1. The molecule has 8 nitrogen and oxygen atoms in total. The minimum Gasteiger partial charge on any atom is -0.321 e. The van der Waals surface area contributed by atoms with E-state index in [2.05, 4.69) is 30.8 Å². The average Bonchev–Trinajstić information content (AvgIpc) is 3.32. The SMILES string of the molecule is Cc1cnc(C(=O)Nc2cccc(-c3nnnn3C3CC3)c2)cn1. The number of aromatic nitrogens is 6. The Kier molecular flexibility index (Phi) is 3.49. The highest BCUT2D eigenvalue weighted by Gasteiger charge is 2.28. The van der Waals surface area contributed by atoms with Crippen molar-refractivity contribution in [1.29, 1.82) is 0 Å². The molecule has 0 spiro atoms. The van der Waals surface area contributed by atoms with Gasteiger partial charge in [0.05, 0.1) is 17.9 Å². The standard InChI is InChI=1S/C16H15N7O/c1-10-8-18-14(9-17-10)16(24)19-12-4-2-3-11(7-12)15-20-21-22-23(15)13-5-6-13/h2-4,7-9,13H,5-6H2,1H3,(H,19,24). The quantitative estimate of drug-likeness (QED) is 0.789. The summed E-state index contributed by atoms with van der Waals surface area (Å²) in [4.78, 5) is 20.4. The zero-order valence-corrected chi connectivity index (χ0v) is 13.0. The lowest BCUT2D eigenvalue weighted by molar-refractivity contribution is 0.102. The summed E-state index contributed by atoms with van der Waals surface area (Å²) < 4.78 is 1.84. The molecule has 0 unspecified atom stereocenters. The molecule has 1 aliphatic rings. The summed E-state index contributed by atoms with van der Waals surface area (Å²) in [6.45, 7) is 1.82. The maximum Gasteiger partial charge on any atom is 0.275 e. The fraction of sp³-hybridized carbons (Fsp3) is 0.250. The second-order valence-corrected chi connectivity index (χ2v) is 5.76. The number of hydrogen-bond acceptors (Lipinski definition) is 6. The molecular weight excluding hydrogens is 306 g/mol. The maximum atomic E-state index is 12.2. The van der Waals surface area contributed by atoms with E-state index in [1.807, 2.05) is 35.9 Å². The summed E-state index contributed by atoms with van der Waals surface area (Å²) in [5, 5.41) is 14.7. The fourth-order valence-corrected chi connectivity index (χ4v) is 2.39. The number of carbonyl (C=O) groups excluding carboxylic acids is 1. The highest BCUT2D eigenvalue weighted by molar-refractivity contribution is 6.02. The van der Waals surface area contributed by atoms with Crippen molar-refractivity contribution in [3.63, 3.8) is 0 Å². The topological polar surface area (TPSA) is 98.5 Å². The molecule has 4 rings (SSSR count). The first kappa shape index (κ1) is 14.4. The summed E-state index contributed by atoms with van der Waals surface area (Å²) in [6, 6.07) is 7.83. The zero-order valence-electron chi connectivity index (χ0n) is 13.0. The van der Waals surface area contributed by atoms with Crippen molar-refractivity contribution in [1.82, 2.24) is 30.2 Å². The van der Waals surface area contributed by atoms with Crippen molar-refractivity contribution in [3.8, 4) is 11.4 Å². The second-order valence-electron chi connectivity index (χ2n) is 5.76. The van der Waals surface area contributed by atoms with Crippen molar-refractivity contribution >= 4 is 11.6 Å². The molecule has 120 valence electrons. The van der Waals surface area contributed by atoms with Crippen LogP contribution < -0.4 is 5.32 Å². The molecule has 0 atom stereocenters. The van der Waals surface area contributed by atoms with Gasteiger partial charge in [0, 0.05) is 17.4 Å². The van der Waals surface area contributed by atoms with Gasteiger partial charge in [-0.05, 0) is 42.3 Å². The van der Waals surface area contributed by atoms with Gasteiger partial charge in [0.1, 0.15) is 5.69 Å². The van der Waals surface area contributed by atoms with E-state index in [1.165, 1.54) is 6.20 Å². The van der Waals surface area contributed by atoms with Gasteiger partial charge in [-0.25, -0.2) is 9.67 Å². The predicted molar refractivity (Wildman–Crippen MR) is 86.2 cm³/mol. The number of tetrazole rings is 1. The molecule has 1 saturated carbocycles. The van der Waals surface area contributed by atoms with E-state index in [0.29, 0.717) is 17.6 Å². The summed E-state index contributed by atoms with van der Waals surface area (Å²) >= 11 is 0. The van der Waals surface area contributed by atoms with Crippen LogP contribution in [0.25, 0.3) is 11.4 Å². The molecule has 1 aromatic carbocycles. The number of hydrogen-bond donors (Lipinski definition) is 1. The molecule has 1 amide bonds. The summed E-state index contributed by atoms with van der Waals surface area (Å²) in [5.74, 6) is 0.408. The number of amides is 1. The third-order valence-corrected chi connectivity index (χ3v) is 3.78. The lowest BCUT2D eigenvalue weighted by atomic mass is 10.2. The van der Waals surface area contributed by atoms with Crippen LogP contribution in [-0.4, -0.2) is 36.1 Å². The number of benzene rings is 1. The number of rotatable bonds is 4. The lowest BCUT2D eigenvalue weighted by Gasteiger charge is -2.07. The Labute approximate surface area is 137 Å². The van der Waals surface area contributed by atoms with Gasteiger partial charge >= 0.3 is 0 Å². The van der Waals surface area contributed by atoms with Crippen LogP contribution in [0.15, 0.2) is 36.7 Å². The van der Waals surface area contributed by atoms with E-state index < -0.39 is 0 Å². The minimum absolute atomic E-state index is 0.272. The van der Waals surface area contributed by atoms with Gasteiger partial charge in [-0.3, -0.25) is 9.78 Å². The third-order valence-electron chi connectivity index (χ3n) is 3.78. The molecule has 1 fully saturated rings. The van der Waals surface area contributed by atoms with Gasteiger partial charge < -0.3 is 5.32 Å². The van der Waals surface area contributed by atoms with Crippen LogP contribution in [0.3, 0.4) is 0 Å². The zero-order chi connectivity index (χ0) is 16.5. The van der Waals surface area contributed by atoms with E-state index in [9.17, 15) is 4.79 Å². The Hall–Kier alpha value is -3.16. The monoisotopic (exact) mass is 321 g/mol. The molecular formula is C16H15N7O. The molecule has 8 heteroatoms. The third kappa shape index (κ3) is 2.85. The van der Waals surface area contributed by atoms with Crippen molar-refractivity contribution in [2.24, 2.45) is 0 Å². The van der Waals surface area contributed by atoms with Crippen LogP contribution in [0.5, 0.6) is 0 Å². The van der Waals surface area contributed by atoms with Gasteiger partial charge in [-0.1, -0.05) is 12.1 Å². The number of nitrogens with zero attached hydrogens (tertiary/aromatic N) is 6. The van der Waals surface area contributed by atoms with Crippen LogP contribution in [0.2, 0.25) is 0 Å². The van der Waals surface area contributed by atoms with Gasteiger partial charge in [0.25, 0.3) is 5.91 Å². The van der Waals surface area contributed by atoms with Gasteiger partial charge in [-0.15, -0.1) is 5.10 Å². The van der Waals surface area contributed by atoms with Gasteiger partial charge in [0.2, 0.25) is 0 Å². The van der Waals surface area contributed by atoms with Crippen LogP contribution in [0, 0.1) is 6.92 Å². The van der Waals surface area contributed by atoms with E-state index in [1.54, 1.807) is 6.20 Å². The van der Waals surface area contributed by atoms with Crippen LogP contribution in [0.1, 0.15) is 35.1 Å². The van der Waals surface area contributed by atoms with Crippen molar-refractivity contribution in [2.45, 2.75) is 25.8 Å². The Balaban J connectivity index is 1.57. The first-order chi connectivity index (χ1) is 11.7. The molecule has 0 saturated heterocycles. The van der Waals surface area contributed by atoms with E-state index in [0.717, 1.165) is 24.1 Å². The molecule has 2 heterocycles. The van der Waals surface area contributed by atoms with Crippen molar-refractivity contribution in [2.75, 3.05) is 5.32 Å². The molecule has 1 aliphatic carbocycles. The van der Waals surface area contributed by atoms with E-state index in [4.69, 9.17) is 0 Å². The normalized spacial score (nSPS) is 13.7. The van der Waals surface area contributed by atoms with Crippen LogP contribution in [0.4, 0.5) is 5.69 Å². The highest BCUT2D eigenvalue weighted by atomic mass is 16.1. The lowest BCUT2D eigenvalue weighted by Crippen LogP contribution is -2.14. The molecule has 1 N–H and O–H groups in total. The van der Waals surface area contributed by atoms with Gasteiger partial charge in [-0.2, -0.15) is 0 Å². The number of nitrogens with one attached hydrogen (secondary N) is 1. The molecule has 0 bridgehead atoms. The van der Waals surface area contributed by atoms with Crippen LogP contribution >= 0.6 is 0 Å². The Morgan fingerprint density at radius 1 is 1.25 bits per heavy atom. The first-order valence-electron chi connectivity index (χ1n) is 7.69. The Morgan fingerprint density at radius 2 is 2.12 bits per heavy atom. The molecule has 0 aliphatic heterocycles. The number of carbonyl (C=O) groups is 1. The smallest absolute Gasteiger partial charge is 0.275 e. The highest BCUT2D eigenvalue weighted by Crippen LogP contribution is 2.36. The summed E-state index contributed by atoms with van der Waals surface area (Å²) in [5.41, 5.74) is 2.55. The molecule has 3 aromatic rings. The van der Waals surface area contributed by atoms with E-state index >= 15 is 0 Å². The van der Waals surface area contributed by atoms with E-state index in [-0.39, 0.29) is 11.6 Å². The molecule has 2 aromatic heterocycles. The summed E-state index contributed by atoms with van der Waals surface area (Å²) in [6.07, 6.45) is 5.22. The number of aryl methyl sites for hydroxylation is 1. The molecule has 0 radical (unpaired) electrons. The predicted octanol–water partition coefficient (Wildman–Crippen LogP) is 2.03. The first-order valence-corrected chi connectivity index (χ1v) is 7.69. The fourth-order valence-electron chi connectivity index (χ4n) is 2.39. The molecule has 24 heavy (non-hydrogen) atoms. The average molecular weight is 321 g/mol. The van der Waals surface area contributed by atoms with Crippen molar-refractivity contribution < 1.29 is 4.79 Å². The Morgan fingerprint density at radius 3 is 2.88 bits per heavy atom. The van der Waals surface area contributed by atoms with Gasteiger partial charge in [0.15, 0.2) is 5.82 Å². The maximum absolute atomic E-state index is 12.2. The Bertz CT molecular complexity index is 883. The summed E-state index contributed by atoms with van der Waals surface area (Å²) in [7, 11) is 0.